The van der Waals surface area contributed by atoms with E-state index < -0.39 is 0 Å². The number of aryl methyl sites for hydroxylation is 1. The molecule has 1 aromatic heterocycles. The van der Waals surface area contributed by atoms with Crippen LogP contribution in [0, 0.1) is 6.92 Å². The van der Waals surface area contributed by atoms with Crippen LogP contribution in [0.3, 0.4) is 0 Å². The molecular formula is C9H15N5OS. The second-order valence-electron chi connectivity index (χ2n) is 3.90. The SMILES string of the molecule is Cc1nsc(NC(=O)N2CCC(N)CC2)n1. The predicted octanol–water partition coefficient (Wildman–Crippen LogP) is 0.802. The molecule has 2 rings (SSSR count). The van der Waals surface area contributed by atoms with Gasteiger partial charge in [-0.25, -0.2) is 9.78 Å². The van der Waals surface area contributed by atoms with E-state index in [1.165, 1.54) is 11.5 Å². The molecule has 1 saturated heterocycles. The molecule has 0 unspecified atom stereocenters. The Hall–Kier alpha value is -1.21. The number of nitrogens with one attached hydrogen (secondary N) is 1. The molecule has 7 heteroatoms. The number of rotatable bonds is 1. The number of amides is 2. The molecule has 88 valence electrons. The Morgan fingerprint density at radius 1 is 1.56 bits per heavy atom. The Labute approximate surface area is 98.0 Å². The van der Waals surface area contributed by atoms with Gasteiger partial charge in [0.25, 0.3) is 0 Å². The van der Waals surface area contributed by atoms with E-state index in [0.717, 1.165) is 12.8 Å². The van der Waals surface area contributed by atoms with Gasteiger partial charge < -0.3 is 10.6 Å². The summed E-state index contributed by atoms with van der Waals surface area (Å²) >= 11 is 1.20. The van der Waals surface area contributed by atoms with Crippen molar-refractivity contribution in [3.63, 3.8) is 0 Å². The monoisotopic (exact) mass is 241 g/mol. The average Bonchev–Trinajstić information content (AvgIpc) is 2.65. The molecule has 3 N–H and O–H groups in total. The maximum atomic E-state index is 11.8. The second-order valence-corrected chi connectivity index (χ2v) is 4.65. The lowest BCUT2D eigenvalue weighted by Crippen LogP contribution is -2.44. The number of anilines is 1. The van der Waals surface area contributed by atoms with Gasteiger partial charge in [-0.05, 0) is 19.8 Å². The number of nitrogens with zero attached hydrogens (tertiary/aromatic N) is 3. The Kier molecular flexibility index (Phi) is 3.35. The van der Waals surface area contributed by atoms with Crippen molar-refractivity contribution in [3.8, 4) is 0 Å². The molecule has 6 nitrogen and oxygen atoms in total. The standard InChI is InChI=1S/C9H15N5OS/c1-6-11-8(16-13-6)12-9(15)14-4-2-7(10)3-5-14/h7H,2-5,10H2,1H3,(H,11,12,13,15). The summed E-state index contributed by atoms with van der Waals surface area (Å²) in [6.07, 6.45) is 1.73. The third kappa shape index (κ3) is 2.67. The van der Waals surface area contributed by atoms with Crippen LogP contribution >= 0.6 is 11.5 Å². The van der Waals surface area contributed by atoms with Crippen LogP contribution in [-0.4, -0.2) is 39.4 Å². The molecule has 2 heterocycles. The molecule has 0 bridgehead atoms. The number of carbonyl (C=O) groups is 1. The first-order valence-corrected chi connectivity index (χ1v) is 6.04. The summed E-state index contributed by atoms with van der Waals surface area (Å²) in [5, 5.41) is 3.29. The van der Waals surface area contributed by atoms with E-state index in [4.69, 9.17) is 5.73 Å². The fourth-order valence-electron chi connectivity index (χ4n) is 1.62. The van der Waals surface area contributed by atoms with Crippen LogP contribution in [0.5, 0.6) is 0 Å². The Morgan fingerprint density at radius 3 is 2.81 bits per heavy atom. The number of hydrogen-bond donors (Lipinski definition) is 2. The van der Waals surface area contributed by atoms with E-state index in [-0.39, 0.29) is 12.1 Å². The van der Waals surface area contributed by atoms with Crippen molar-refractivity contribution in [2.24, 2.45) is 5.73 Å². The van der Waals surface area contributed by atoms with Gasteiger partial charge in [-0.2, -0.15) is 4.37 Å². The third-order valence-corrected chi connectivity index (χ3v) is 3.29. The molecule has 0 radical (unpaired) electrons. The van der Waals surface area contributed by atoms with E-state index >= 15 is 0 Å². The zero-order valence-electron chi connectivity index (χ0n) is 9.14. The summed E-state index contributed by atoms with van der Waals surface area (Å²) in [4.78, 5) is 17.6. The van der Waals surface area contributed by atoms with Crippen molar-refractivity contribution < 1.29 is 4.79 Å². The van der Waals surface area contributed by atoms with Gasteiger partial charge >= 0.3 is 6.03 Å². The first-order valence-electron chi connectivity index (χ1n) is 5.27. The summed E-state index contributed by atoms with van der Waals surface area (Å²) in [5.41, 5.74) is 5.77. The highest BCUT2D eigenvalue weighted by atomic mass is 32.1. The lowest BCUT2D eigenvalue weighted by molar-refractivity contribution is 0.195. The molecule has 0 atom stereocenters. The molecular weight excluding hydrogens is 226 g/mol. The average molecular weight is 241 g/mol. The van der Waals surface area contributed by atoms with Crippen LogP contribution in [-0.2, 0) is 0 Å². The predicted molar refractivity (Wildman–Crippen MR) is 62.4 cm³/mol. The zero-order valence-corrected chi connectivity index (χ0v) is 9.96. The third-order valence-electron chi connectivity index (χ3n) is 2.57. The fraction of sp³-hybridized carbons (Fsp3) is 0.667. The van der Waals surface area contributed by atoms with E-state index in [1.54, 1.807) is 11.8 Å². The molecule has 1 aromatic rings. The quantitative estimate of drug-likeness (QED) is 0.761. The highest BCUT2D eigenvalue weighted by Gasteiger charge is 2.21. The first-order chi connectivity index (χ1) is 7.65. The molecule has 16 heavy (non-hydrogen) atoms. The topological polar surface area (TPSA) is 84.1 Å². The van der Waals surface area contributed by atoms with Crippen LogP contribution < -0.4 is 11.1 Å². The molecule has 1 aliphatic heterocycles. The van der Waals surface area contributed by atoms with Gasteiger partial charge in [0, 0.05) is 30.7 Å². The largest absolute Gasteiger partial charge is 0.328 e. The molecule has 0 spiro atoms. The molecule has 2 amide bonds. The summed E-state index contributed by atoms with van der Waals surface area (Å²) in [7, 11) is 0. The summed E-state index contributed by atoms with van der Waals surface area (Å²) in [6, 6.07) is 0.121. The van der Waals surface area contributed by atoms with Gasteiger partial charge in [0.15, 0.2) is 0 Å². The van der Waals surface area contributed by atoms with E-state index in [0.29, 0.717) is 24.0 Å². The number of likely N-dealkylation sites (tertiary alicyclic amines) is 1. The van der Waals surface area contributed by atoms with Crippen molar-refractivity contribution in [2.75, 3.05) is 18.4 Å². The fourth-order valence-corrected chi connectivity index (χ4v) is 2.19. The zero-order chi connectivity index (χ0) is 11.5. The van der Waals surface area contributed by atoms with Crippen molar-refractivity contribution >= 4 is 22.7 Å². The van der Waals surface area contributed by atoms with Crippen molar-refractivity contribution in [2.45, 2.75) is 25.8 Å². The van der Waals surface area contributed by atoms with Crippen LogP contribution in [0.15, 0.2) is 0 Å². The van der Waals surface area contributed by atoms with Crippen molar-refractivity contribution in [1.82, 2.24) is 14.3 Å². The normalized spacial score (nSPS) is 17.5. The summed E-state index contributed by atoms with van der Waals surface area (Å²) < 4.78 is 4.00. The van der Waals surface area contributed by atoms with E-state index in [9.17, 15) is 4.79 Å². The highest BCUT2D eigenvalue weighted by molar-refractivity contribution is 7.09. The van der Waals surface area contributed by atoms with Crippen LogP contribution in [0.25, 0.3) is 0 Å². The van der Waals surface area contributed by atoms with Crippen LogP contribution in [0.1, 0.15) is 18.7 Å². The van der Waals surface area contributed by atoms with Gasteiger partial charge in [0.1, 0.15) is 5.82 Å². The maximum absolute atomic E-state index is 11.8. The molecule has 1 fully saturated rings. The second kappa shape index (κ2) is 4.75. The summed E-state index contributed by atoms with van der Waals surface area (Å²) in [6.45, 7) is 3.22. The Morgan fingerprint density at radius 2 is 2.25 bits per heavy atom. The van der Waals surface area contributed by atoms with Crippen molar-refractivity contribution in [3.05, 3.63) is 5.82 Å². The number of carbonyl (C=O) groups excluding carboxylic acids is 1. The minimum absolute atomic E-state index is 0.108. The molecule has 0 aliphatic carbocycles. The first kappa shape index (κ1) is 11.3. The Balaban J connectivity index is 1.88. The lowest BCUT2D eigenvalue weighted by Gasteiger charge is -2.29. The molecule has 0 aromatic carbocycles. The smallest absolute Gasteiger partial charge is 0.323 e. The molecule has 1 aliphatic rings. The number of urea groups is 1. The number of aromatic nitrogens is 2. The minimum Gasteiger partial charge on any atom is -0.328 e. The number of hydrogen-bond acceptors (Lipinski definition) is 5. The van der Waals surface area contributed by atoms with E-state index in [2.05, 4.69) is 14.7 Å². The lowest BCUT2D eigenvalue weighted by atomic mass is 10.1. The van der Waals surface area contributed by atoms with Gasteiger partial charge in [-0.15, -0.1) is 0 Å². The van der Waals surface area contributed by atoms with Crippen LogP contribution in [0.4, 0.5) is 9.93 Å². The number of piperidine rings is 1. The van der Waals surface area contributed by atoms with Gasteiger partial charge in [-0.1, -0.05) is 0 Å². The highest BCUT2D eigenvalue weighted by Crippen LogP contribution is 2.13. The maximum Gasteiger partial charge on any atom is 0.323 e. The van der Waals surface area contributed by atoms with Crippen molar-refractivity contribution in [1.29, 1.82) is 0 Å². The van der Waals surface area contributed by atoms with E-state index in [1.807, 2.05) is 0 Å². The van der Waals surface area contributed by atoms with Gasteiger partial charge in [0.2, 0.25) is 5.13 Å². The van der Waals surface area contributed by atoms with Crippen LogP contribution in [0.2, 0.25) is 0 Å². The Bertz CT molecular complexity index is 372. The number of nitrogens with two attached hydrogens (primary N) is 1. The minimum atomic E-state index is -0.108. The van der Waals surface area contributed by atoms with Gasteiger partial charge in [-0.3, -0.25) is 5.32 Å². The molecule has 0 saturated carbocycles. The van der Waals surface area contributed by atoms with Gasteiger partial charge in [0.05, 0.1) is 0 Å². The summed E-state index contributed by atoms with van der Waals surface area (Å²) in [5.74, 6) is 0.681.